The normalized spacial score (nSPS) is 20.0. The molecule has 8 heteroatoms. The molecule has 2 rings (SSSR count). The second kappa shape index (κ2) is 5.86. The summed E-state index contributed by atoms with van der Waals surface area (Å²) < 4.78 is 26.3. The average molecular weight is 298 g/mol. The summed E-state index contributed by atoms with van der Waals surface area (Å²) in [5.41, 5.74) is 6.05. The minimum Gasteiger partial charge on any atom is -0.358 e. The van der Waals surface area contributed by atoms with E-state index >= 15 is 0 Å². The molecule has 0 bridgehead atoms. The molecule has 1 aliphatic rings. The molecule has 0 aromatic carbocycles. The van der Waals surface area contributed by atoms with Gasteiger partial charge in [0.05, 0.1) is 5.69 Å². The Kier molecular flexibility index (Phi) is 4.36. The summed E-state index contributed by atoms with van der Waals surface area (Å²) >= 11 is 0. The standard InChI is InChI=1S/C12H18N4O3S/c1-14-12(17)11-3-2-6-16(11)20(18,19)10-5-4-9(7-13)15-8-10/h4-5,8,11H,2-3,6-7,13H2,1H3,(H,14,17). The Morgan fingerprint density at radius 2 is 2.30 bits per heavy atom. The Morgan fingerprint density at radius 3 is 2.85 bits per heavy atom. The molecule has 0 spiro atoms. The van der Waals surface area contributed by atoms with E-state index in [1.54, 1.807) is 6.07 Å². The number of carbonyl (C=O) groups is 1. The van der Waals surface area contributed by atoms with E-state index in [0.717, 1.165) is 0 Å². The van der Waals surface area contributed by atoms with Gasteiger partial charge in [-0.05, 0) is 25.0 Å². The van der Waals surface area contributed by atoms with E-state index in [0.29, 0.717) is 25.1 Å². The first kappa shape index (κ1) is 14.9. The highest BCUT2D eigenvalue weighted by Crippen LogP contribution is 2.25. The van der Waals surface area contributed by atoms with Crippen LogP contribution in [0.3, 0.4) is 0 Å². The number of carbonyl (C=O) groups excluding carboxylic acids is 1. The van der Waals surface area contributed by atoms with Crippen molar-refractivity contribution >= 4 is 15.9 Å². The maximum atomic E-state index is 12.5. The van der Waals surface area contributed by atoms with Gasteiger partial charge >= 0.3 is 0 Å². The first-order valence-electron chi connectivity index (χ1n) is 6.39. The van der Waals surface area contributed by atoms with Gasteiger partial charge in [0, 0.05) is 26.3 Å². The molecule has 1 atom stereocenters. The van der Waals surface area contributed by atoms with Crippen LogP contribution in [-0.2, 0) is 21.4 Å². The van der Waals surface area contributed by atoms with Gasteiger partial charge in [0.1, 0.15) is 10.9 Å². The van der Waals surface area contributed by atoms with Crippen molar-refractivity contribution in [2.45, 2.75) is 30.3 Å². The number of likely N-dealkylation sites (N-methyl/N-ethyl adjacent to an activating group) is 1. The molecule has 1 aromatic rings. The molecule has 1 aromatic heterocycles. The molecule has 2 heterocycles. The molecule has 0 aliphatic carbocycles. The molecule has 0 radical (unpaired) electrons. The number of hydrogen-bond donors (Lipinski definition) is 2. The second-order valence-electron chi connectivity index (χ2n) is 4.58. The molecule has 1 unspecified atom stereocenters. The second-order valence-corrected chi connectivity index (χ2v) is 6.47. The molecule has 3 N–H and O–H groups in total. The van der Waals surface area contributed by atoms with Crippen LogP contribution >= 0.6 is 0 Å². The van der Waals surface area contributed by atoms with Gasteiger partial charge < -0.3 is 11.1 Å². The molecule has 1 aliphatic heterocycles. The number of amides is 1. The van der Waals surface area contributed by atoms with Crippen molar-refractivity contribution in [2.24, 2.45) is 5.73 Å². The van der Waals surface area contributed by atoms with Crippen molar-refractivity contribution in [3.8, 4) is 0 Å². The highest BCUT2D eigenvalue weighted by molar-refractivity contribution is 7.89. The first-order chi connectivity index (χ1) is 9.50. The van der Waals surface area contributed by atoms with Crippen LogP contribution in [0.4, 0.5) is 0 Å². The lowest BCUT2D eigenvalue weighted by molar-refractivity contribution is -0.123. The summed E-state index contributed by atoms with van der Waals surface area (Å²) in [5.74, 6) is -0.280. The molecule has 1 fully saturated rings. The van der Waals surface area contributed by atoms with E-state index in [-0.39, 0.29) is 17.3 Å². The molecule has 0 saturated carbocycles. The van der Waals surface area contributed by atoms with Gasteiger partial charge in [0.15, 0.2) is 0 Å². The van der Waals surface area contributed by atoms with Crippen molar-refractivity contribution in [2.75, 3.05) is 13.6 Å². The number of nitrogens with two attached hydrogens (primary N) is 1. The SMILES string of the molecule is CNC(=O)C1CCCN1S(=O)(=O)c1ccc(CN)nc1. The Morgan fingerprint density at radius 1 is 1.55 bits per heavy atom. The Balaban J connectivity index is 2.31. The highest BCUT2D eigenvalue weighted by atomic mass is 32.2. The van der Waals surface area contributed by atoms with Gasteiger partial charge in [-0.2, -0.15) is 4.31 Å². The van der Waals surface area contributed by atoms with Crippen molar-refractivity contribution < 1.29 is 13.2 Å². The predicted molar refractivity (Wildman–Crippen MR) is 73.1 cm³/mol. The quantitative estimate of drug-likeness (QED) is 0.775. The van der Waals surface area contributed by atoms with E-state index in [4.69, 9.17) is 5.73 Å². The van der Waals surface area contributed by atoms with Crippen LogP contribution < -0.4 is 11.1 Å². The van der Waals surface area contributed by atoms with Crippen LogP contribution in [0.25, 0.3) is 0 Å². The fraction of sp³-hybridized carbons (Fsp3) is 0.500. The van der Waals surface area contributed by atoms with E-state index in [1.165, 1.54) is 23.6 Å². The summed E-state index contributed by atoms with van der Waals surface area (Å²) in [6, 6.07) is 2.42. The average Bonchev–Trinajstić information content (AvgIpc) is 2.96. The number of sulfonamides is 1. The number of rotatable bonds is 4. The molecule has 1 saturated heterocycles. The van der Waals surface area contributed by atoms with Gasteiger partial charge in [-0.25, -0.2) is 8.42 Å². The molecular weight excluding hydrogens is 280 g/mol. The zero-order chi connectivity index (χ0) is 14.8. The van der Waals surface area contributed by atoms with E-state index in [2.05, 4.69) is 10.3 Å². The van der Waals surface area contributed by atoms with Crippen molar-refractivity contribution in [3.05, 3.63) is 24.0 Å². The topological polar surface area (TPSA) is 105 Å². The number of nitrogens with one attached hydrogen (secondary N) is 1. The van der Waals surface area contributed by atoms with Gasteiger partial charge in [0.2, 0.25) is 15.9 Å². The summed E-state index contributed by atoms with van der Waals surface area (Å²) in [6.45, 7) is 0.601. The molecule has 110 valence electrons. The number of aromatic nitrogens is 1. The van der Waals surface area contributed by atoms with E-state index in [1.807, 2.05) is 0 Å². The highest BCUT2D eigenvalue weighted by Gasteiger charge is 2.39. The summed E-state index contributed by atoms with van der Waals surface area (Å²) in [5, 5.41) is 2.50. The Bertz CT molecular complexity index is 585. The van der Waals surface area contributed by atoms with Crippen molar-refractivity contribution in [3.63, 3.8) is 0 Å². The fourth-order valence-corrected chi connectivity index (χ4v) is 3.88. The lowest BCUT2D eigenvalue weighted by atomic mass is 10.2. The maximum absolute atomic E-state index is 12.5. The summed E-state index contributed by atoms with van der Waals surface area (Å²) in [6.07, 6.45) is 2.50. The minimum atomic E-state index is -3.70. The lowest BCUT2D eigenvalue weighted by Crippen LogP contribution is -2.44. The van der Waals surface area contributed by atoms with Crippen molar-refractivity contribution in [1.29, 1.82) is 0 Å². The lowest BCUT2D eigenvalue weighted by Gasteiger charge is -2.22. The number of pyridine rings is 1. The third kappa shape index (κ3) is 2.67. The van der Waals surface area contributed by atoms with Crippen LogP contribution in [0.5, 0.6) is 0 Å². The van der Waals surface area contributed by atoms with Crippen LogP contribution in [0, 0.1) is 0 Å². The van der Waals surface area contributed by atoms with Crippen LogP contribution in [0.1, 0.15) is 18.5 Å². The summed E-state index contributed by atoms with van der Waals surface area (Å²) in [7, 11) is -2.20. The molecule has 20 heavy (non-hydrogen) atoms. The largest absolute Gasteiger partial charge is 0.358 e. The Labute approximate surface area is 118 Å². The number of nitrogens with zero attached hydrogens (tertiary/aromatic N) is 2. The third-order valence-corrected chi connectivity index (χ3v) is 5.26. The molecule has 7 nitrogen and oxygen atoms in total. The smallest absolute Gasteiger partial charge is 0.245 e. The van der Waals surface area contributed by atoms with Crippen molar-refractivity contribution in [1.82, 2.24) is 14.6 Å². The summed E-state index contributed by atoms with van der Waals surface area (Å²) in [4.78, 5) is 15.8. The predicted octanol–water partition coefficient (Wildman–Crippen LogP) is -0.561. The van der Waals surface area contributed by atoms with E-state index in [9.17, 15) is 13.2 Å². The van der Waals surface area contributed by atoms with Gasteiger partial charge in [0.25, 0.3) is 0 Å². The van der Waals surface area contributed by atoms with Crippen LogP contribution in [0.15, 0.2) is 23.2 Å². The zero-order valence-electron chi connectivity index (χ0n) is 11.2. The third-order valence-electron chi connectivity index (χ3n) is 3.37. The Hall–Kier alpha value is -1.51. The number of hydrogen-bond acceptors (Lipinski definition) is 5. The monoisotopic (exact) mass is 298 g/mol. The fourth-order valence-electron chi connectivity index (χ4n) is 2.28. The van der Waals surface area contributed by atoms with Crippen LogP contribution in [0.2, 0.25) is 0 Å². The maximum Gasteiger partial charge on any atom is 0.245 e. The van der Waals surface area contributed by atoms with E-state index < -0.39 is 16.1 Å². The van der Waals surface area contributed by atoms with Gasteiger partial charge in [-0.1, -0.05) is 0 Å². The van der Waals surface area contributed by atoms with Gasteiger partial charge in [-0.15, -0.1) is 0 Å². The first-order valence-corrected chi connectivity index (χ1v) is 7.83. The minimum absolute atomic E-state index is 0.0884. The molecular formula is C12H18N4O3S. The zero-order valence-corrected chi connectivity index (χ0v) is 12.1. The van der Waals surface area contributed by atoms with Gasteiger partial charge in [-0.3, -0.25) is 9.78 Å². The molecule has 1 amide bonds. The van der Waals surface area contributed by atoms with Crippen LogP contribution in [-0.4, -0.2) is 43.2 Å².